The van der Waals surface area contributed by atoms with Gasteiger partial charge in [-0.05, 0) is 67.3 Å². The van der Waals surface area contributed by atoms with Crippen molar-refractivity contribution >= 4 is 11.7 Å². The predicted octanol–water partition coefficient (Wildman–Crippen LogP) is 4.77. The van der Waals surface area contributed by atoms with Gasteiger partial charge in [-0.15, -0.1) is 8.78 Å². The van der Waals surface area contributed by atoms with Gasteiger partial charge < -0.3 is 19.4 Å². The second-order valence-corrected chi connectivity index (χ2v) is 7.20. The Morgan fingerprint density at radius 2 is 1.97 bits per heavy atom. The van der Waals surface area contributed by atoms with Gasteiger partial charge in [0.2, 0.25) is 0 Å². The van der Waals surface area contributed by atoms with Crippen LogP contribution in [0.2, 0.25) is 0 Å². The SMILES string of the molecule is Cc1cc2c(cc1-c1ccc(NC(=O)c3cccn3C3CC3)nc1)OC(F)(F)O2. The first kappa shape index (κ1) is 17.7. The molecule has 1 aliphatic heterocycles. The maximum absolute atomic E-state index is 13.3. The molecule has 0 atom stereocenters. The first-order valence-corrected chi connectivity index (χ1v) is 9.25. The van der Waals surface area contributed by atoms with E-state index in [9.17, 15) is 13.6 Å². The number of benzene rings is 1. The average Bonchev–Trinajstić information content (AvgIpc) is 3.31. The number of anilines is 1. The molecule has 0 spiro atoms. The van der Waals surface area contributed by atoms with Crippen molar-refractivity contribution < 1.29 is 23.0 Å². The number of nitrogens with zero attached hydrogens (tertiary/aromatic N) is 2. The molecule has 29 heavy (non-hydrogen) atoms. The van der Waals surface area contributed by atoms with Crippen molar-refractivity contribution in [3.8, 4) is 22.6 Å². The number of carbonyl (C=O) groups excluding carboxylic acids is 1. The Hall–Kier alpha value is -3.42. The molecule has 148 valence electrons. The molecule has 1 N–H and O–H groups in total. The first-order valence-electron chi connectivity index (χ1n) is 9.25. The zero-order valence-corrected chi connectivity index (χ0v) is 15.5. The fraction of sp³-hybridized carbons (Fsp3) is 0.238. The Morgan fingerprint density at radius 1 is 1.21 bits per heavy atom. The number of halogens is 2. The number of aryl methyl sites for hydroxylation is 1. The number of fused-ring (bicyclic) bond motifs is 1. The number of aromatic nitrogens is 2. The third-order valence-corrected chi connectivity index (χ3v) is 5.02. The second kappa shape index (κ2) is 6.30. The monoisotopic (exact) mass is 397 g/mol. The molecule has 0 bridgehead atoms. The molecule has 2 aromatic heterocycles. The van der Waals surface area contributed by atoms with Gasteiger partial charge in [0.15, 0.2) is 11.5 Å². The standard InChI is InChI=1S/C21H17F2N3O3/c1-12-9-17-18(29-21(22,23)28-17)10-15(12)13-4-7-19(24-11-13)25-20(27)16-3-2-8-26(16)14-5-6-14/h2-4,7-11,14H,5-6H2,1H3,(H,24,25,27). The molecule has 0 unspecified atom stereocenters. The Morgan fingerprint density at radius 3 is 2.66 bits per heavy atom. The van der Waals surface area contributed by atoms with Crippen LogP contribution in [0, 0.1) is 6.92 Å². The van der Waals surface area contributed by atoms with Crippen LogP contribution in [-0.4, -0.2) is 21.8 Å². The van der Waals surface area contributed by atoms with Crippen molar-refractivity contribution in [2.45, 2.75) is 32.1 Å². The minimum absolute atomic E-state index is 0.00626. The number of rotatable bonds is 4. The van der Waals surface area contributed by atoms with Crippen molar-refractivity contribution in [3.05, 3.63) is 60.0 Å². The zero-order chi connectivity index (χ0) is 20.2. The number of carbonyl (C=O) groups is 1. The van der Waals surface area contributed by atoms with Crippen LogP contribution in [0.3, 0.4) is 0 Å². The first-order chi connectivity index (χ1) is 13.9. The lowest BCUT2D eigenvalue weighted by atomic mass is 10.0. The zero-order valence-electron chi connectivity index (χ0n) is 15.5. The lowest BCUT2D eigenvalue weighted by Crippen LogP contribution is -2.25. The van der Waals surface area contributed by atoms with Gasteiger partial charge in [-0.2, -0.15) is 0 Å². The topological polar surface area (TPSA) is 65.4 Å². The van der Waals surface area contributed by atoms with Gasteiger partial charge in [-0.25, -0.2) is 4.98 Å². The van der Waals surface area contributed by atoms with Gasteiger partial charge in [-0.3, -0.25) is 4.79 Å². The summed E-state index contributed by atoms with van der Waals surface area (Å²) in [5, 5.41) is 2.80. The molecule has 0 saturated heterocycles. The molecule has 5 rings (SSSR count). The summed E-state index contributed by atoms with van der Waals surface area (Å²) in [6.45, 7) is 1.79. The molecule has 2 aliphatic rings. The van der Waals surface area contributed by atoms with Crippen LogP contribution in [-0.2, 0) is 0 Å². The number of hydrogen-bond donors (Lipinski definition) is 1. The van der Waals surface area contributed by atoms with Crippen molar-refractivity contribution in [1.29, 1.82) is 0 Å². The van der Waals surface area contributed by atoms with E-state index >= 15 is 0 Å². The van der Waals surface area contributed by atoms with Crippen LogP contribution in [0.5, 0.6) is 11.5 Å². The molecular weight excluding hydrogens is 380 g/mol. The van der Waals surface area contributed by atoms with Gasteiger partial charge in [0, 0.05) is 24.0 Å². The second-order valence-electron chi connectivity index (χ2n) is 7.20. The summed E-state index contributed by atoms with van der Waals surface area (Å²) in [6, 6.07) is 10.5. The molecule has 3 aromatic rings. The molecule has 0 radical (unpaired) electrons. The number of pyridine rings is 1. The molecule has 1 aromatic carbocycles. The minimum Gasteiger partial charge on any atom is -0.395 e. The molecule has 8 heteroatoms. The summed E-state index contributed by atoms with van der Waals surface area (Å²) in [4.78, 5) is 16.8. The lowest BCUT2D eigenvalue weighted by Gasteiger charge is -2.10. The highest BCUT2D eigenvalue weighted by Crippen LogP contribution is 2.44. The number of ether oxygens (including phenoxy) is 2. The lowest BCUT2D eigenvalue weighted by molar-refractivity contribution is -0.286. The minimum atomic E-state index is -3.65. The van der Waals surface area contributed by atoms with Crippen molar-refractivity contribution in [2.24, 2.45) is 0 Å². The van der Waals surface area contributed by atoms with E-state index in [0.717, 1.165) is 18.4 Å². The summed E-state index contributed by atoms with van der Waals surface area (Å²) in [5.74, 6) is 0.177. The molecule has 1 fully saturated rings. The van der Waals surface area contributed by atoms with Crippen LogP contribution in [0.25, 0.3) is 11.1 Å². The molecular formula is C21H17F2N3O3. The molecule has 6 nitrogen and oxygen atoms in total. The van der Waals surface area contributed by atoms with Crippen LogP contribution in [0.15, 0.2) is 48.8 Å². The van der Waals surface area contributed by atoms with Gasteiger partial charge >= 0.3 is 6.29 Å². The number of alkyl halides is 2. The van der Waals surface area contributed by atoms with Crippen LogP contribution >= 0.6 is 0 Å². The number of amides is 1. The highest BCUT2D eigenvalue weighted by atomic mass is 19.3. The fourth-order valence-corrected chi connectivity index (χ4v) is 3.47. The molecule has 1 amide bonds. The summed E-state index contributed by atoms with van der Waals surface area (Å²) in [5.41, 5.74) is 2.75. The van der Waals surface area contributed by atoms with E-state index in [1.807, 2.05) is 16.8 Å². The van der Waals surface area contributed by atoms with Crippen LogP contribution in [0.4, 0.5) is 14.6 Å². The van der Waals surface area contributed by atoms with Crippen LogP contribution < -0.4 is 14.8 Å². The van der Waals surface area contributed by atoms with Crippen LogP contribution in [0.1, 0.15) is 34.9 Å². The van der Waals surface area contributed by atoms with Gasteiger partial charge in [-0.1, -0.05) is 0 Å². The van der Waals surface area contributed by atoms with Gasteiger partial charge in [0.25, 0.3) is 5.91 Å². The Kier molecular flexibility index (Phi) is 3.84. The molecule has 1 saturated carbocycles. The van der Waals surface area contributed by atoms with E-state index in [2.05, 4.69) is 19.8 Å². The van der Waals surface area contributed by atoms with E-state index in [-0.39, 0.29) is 17.4 Å². The Bertz CT molecular complexity index is 1100. The van der Waals surface area contributed by atoms with Crippen molar-refractivity contribution in [2.75, 3.05) is 5.32 Å². The smallest absolute Gasteiger partial charge is 0.395 e. The van der Waals surface area contributed by atoms with E-state index in [1.165, 1.54) is 12.1 Å². The number of hydrogen-bond acceptors (Lipinski definition) is 4. The van der Waals surface area contributed by atoms with E-state index in [0.29, 0.717) is 28.7 Å². The van der Waals surface area contributed by atoms with E-state index in [1.54, 1.807) is 31.3 Å². The molecule has 3 heterocycles. The maximum atomic E-state index is 13.3. The average molecular weight is 397 g/mol. The highest BCUT2D eigenvalue weighted by molar-refractivity contribution is 6.02. The summed E-state index contributed by atoms with van der Waals surface area (Å²) >= 11 is 0. The van der Waals surface area contributed by atoms with Gasteiger partial charge in [0.05, 0.1) is 0 Å². The summed E-state index contributed by atoms with van der Waals surface area (Å²) < 4.78 is 37.5. The summed E-state index contributed by atoms with van der Waals surface area (Å²) in [6.07, 6.45) is 2.01. The fourth-order valence-electron chi connectivity index (χ4n) is 3.47. The summed E-state index contributed by atoms with van der Waals surface area (Å²) in [7, 11) is 0. The maximum Gasteiger partial charge on any atom is 0.586 e. The van der Waals surface area contributed by atoms with Crippen molar-refractivity contribution in [3.63, 3.8) is 0 Å². The number of nitrogens with one attached hydrogen (secondary N) is 1. The molecule has 1 aliphatic carbocycles. The van der Waals surface area contributed by atoms with Gasteiger partial charge in [0.1, 0.15) is 11.5 Å². The predicted molar refractivity (Wildman–Crippen MR) is 101 cm³/mol. The normalized spacial score (nSPS) is 16.7. The third-order valence-electron chi connectivity index (χ3n) is 5.02. The quantitative estimate of drug-likeness (QED) is 0.689. The largest absolute Gasteiger partial charge is 0.586 e. The van der Waals surface area contributed by atoms with E-state index < -0.39 is 6.29 Å². The Balaban J connectivity index is 1.36. The highest BCUT2D eigenvalue weighted by Gasteiger charge is 2.43. The third kappa shape index (κ3) is 3.30. The van der Waals surface area contributed by atoms with E-state index in [4.69, 9.17) is 0 Å². The Labute approximate surface area is 165 Å². The van der Waals surface area contributed by atoms with Crippen molar-refractivity contribution in [1.82, 2.24) is 9.55 Å².